The molecule has 1 aliphatic heterocycles. The van der Waals surface area contributed by atoms with E-state index in [4.69, 9.17) is 39.8 Å². The summed E-state index contributed by atoms with van der Waals surface area (Å²) in [5.74, 6) is 1.67. The van der Waals surface area contributed by atoms with Crippen molar-refractivity contribution < 1.29 is 4.79 Å². The van der Waals surface area contributed by atoms with Crippen molar-refractivity contribution in [2.45, 2.75) is 0 Å². The molecule has 0 spiro atoms. The van der Waals surface area contributed by atoms with Crippen molar-refractivity contribution >= 4 is 59.1 Å². The summed E-state index contributed by atoms with van der Waals surface area (Å²) in [4.78, 5) is 34.9. The van der Waals surface area contributed by atoms with Crippen LogP contribution < -0.4 is 0 Å². The number of piperazine rings is 1. The Balaban J connectivity index is 1.53. The molecule has 5 rings (SSSR count). The third-order valence-electron chi connectivity index (χ3n) is 6.46. The lowest BCUT2D eigenvalue weighted by atomic mass is 10.2. The lowest BCUT2D eigenvalue weighted by molar-refractivity contribution is 0.0691. The molecular weight excluding hydrogens is 557 g/mol. The molecule has 39 heavy (non-hydrogen) atoms. The lowest BCUT2D eigenvalue weighted by Gasteiger charge is -2.36. The first-order chi connectivity index (χ1) is 18.9. The van der Waals surface area contributed by atoms with Crippen LogP contribution in [0.15, 0.2) is 77.0 Å². The Morgan fingerprint density at radius 1 is 0.949 bits per heavy atom. The summed E-state index contributed by atoms with van der Waals surface area (Å²) in [7, 11) is 1.71. The van der Waals surface area contributed by atoms with Gasteiger partial charge in [-0.3, -0.25) is 19.3 Å². The van der Waals surface area contributed by atoms with E-state index >= 15 is 0 Å². The Morgan fingerprint density at radius 2 is 1.64 bits per heavy atom. The smallest absolute Gasteiger partial charge is 0.255 e. The molecule has 4 aromatic rings. The van der Waals surface area contributed by atoms with E-state index in [2.05, 4.69) is 26.6 Å². The number of rotatable bonds is 5. The van der Waals surface area contributed by atoms with Gasteiger partial charge in [0, 0.05) is 66.9 Å². The first kappa shape index (κ1) is 26.9. The van der Waals surface area contributed by atoms with Crippen LogP contribution in [0.1, 0.15) is 16.1 Å². The maximum atomic E-state index is 12.9. The third kappa shape index (κ3) is 5.41. The third-order valence-corrected chi connectivity index (χ3v) is 7.26. The van der Waals surface area contributed by atoms with Gasteiger partial charge in [-0.2, -0.15) is 0 Å². The van der Waals surface area contributed by atoms with Crippen LogP contribution in [0.5, 0.6) is 0 Å². The number of pyridine rings is 1. The van der Waals surface area contributed by atoms with E-state index in [1.807, 2.05) is 27.7 Å². The van der Waals surface area contributed by atoms with Gasteiger partial charge < -0.3 is 9.80 Å². The van der Waals surface area contributed by atoms with Gasteiger partial charge in [-0.05, 0) is 61.3 Å². The molecule has 1 amide bonds. The van der Waals surface area contributed by atoms with E-state index in [1.54, 1.807) is 55.8 Å². The molecule has 1 aliphatic rings. The van der Waals surface area contributed by atoms with Crippen LogP contribution in [0.25, 0.3) is 17.1 Å². The van der Waals surface area contributed by atoms with E-state index in [9.17, 15) is 4.79 Å². The molecule has 0 radical (unpaired) electrons. The van der Waals surface area contributed by atoms with Crippen molar-refractivity contribution in [2.75, 3.05) is 33.2 Å². The van der Waals surface area contributed by atoms with Crippen LogP contribution in [-0.4, -0.2) is 76.0 Å². The van der Waals surface area contributed by atoms with Crippen LogP contribution in [0.4, 0.5) is 5.82 Å². The topological polar surface area (TPSA) is 79.0 Å². The molecule has 0 N–H and O–H groups in total. The summed E-state index contributed by atoms with van der Waals surface area (Å²) in [6.45, 7) is 6.04. The number of amidine groups is 1. The Labute approximate surface area is 241 Å². The fourth-order valence-corrected chi connectivity index (χ4v) is 5.20. The van der Waals surface area contributed by atoms with Crippen molar-refractivity contribution in [3.63, 3.8) is 0 Å². The second-order valence-electron chi connectivity index (χ2n) is 8.77. The van der Waals surface area contributed by atoms with Crippen molar-refractivity contribution in [2.24, 2.45) is 9.98 Å². The van der Waals surface area contributed by atoms with Gasteiger partial charge >= 0.3 is 0 Å². The molecule has 0 unspecified atom stereocenters. The zero-order valence-corrected chi connectivity index (χ0v) is 23.3. The number of imidazole rings is 1. The SMILES string of the molecule is C=Nc1c(/C(=N\C)N2CCN(C(=O)c3cccnc3)CC2)nc(-c2ccc(Cl)cc2Cl)n1-c1ccc(Cl)cc1. The van der Waals surface area contributed by atoms with E-state index in [1.165, 1.54) is 0 Å². The molecular formula is C28H24Cl3N7O. The molecule has 8 nitrogen and oxygen atoms in total. The Hall–Kier alpha value is -3.72. The average molecular weight is 581 g/mol. The number of aliphatic imine (C=N–C) groups is 2. The van der Waals surface area contributed by atoms with Gasteiger partial charge in [0.2, 0.25) is 0 Å². The summed E-state index contributed by atoms with van der Waals surface area (Å²) >= 11 is 19.0. The molecule has 0 saturated carbocycles. The molecule has 0 bridgehead atoms. The Morgan fingerprint density at radius 3 is 2.26 bits per heavy atom. The predicted molar refractivity (Wildman–Crippen MR) is 157 cm³/mol. The van der Waals surface area contributed by atoms with Crippen LogP contribution >= 0.6 is 34.8 Å². The van der Waals surface area contributed by atoms with Crippen LogP contribution in [0.3, 0.4) is 0 Å². The number of nitrogens with zero attached hydrogens (tertiary/aromatic N) is 7. The minimum atomic E-state index is -0.0436. The normalized spacial score (nSPS) is 14.0. The summed E-state index contributed by atoms with van der Waals surface area (Å²) in [5, 5.41) is 1.57. The number of amides is 1. The van der Waals surface area contributed by atoms with Gasteiger partial charge in [0.15, 0.2) is 17.3 Å². The number of benzene rings is 2. The first-order valence-corrected chi connectivity index (χ1v) is 13.3. The van der Waals surface area contributed by atoms with Gasteiger partial charge in [-0.15, -0.1) is 0 Å². The van der Waals surface area contributed by atoms with Gasteiger partial charge in [-0.1, -0.05) is 34.8 Å². The van der Waals surface area contributed by atoms with Gasteiger partial charge in [0.05, 0.1) is 10.6 Å². The predicted octanol–water partition coefficient (Wildman–Crippen LogP) is 6.06. The largest absolute Gasteiger partial charge is 0.351 e. The van der Waals surface area contributed by atoms with Crippen molar-refractivity contribution in [1.82, 2.24) is 24.3 Å². The lowest BCUT2D eigenvalue weighted by Crippen LogP contribution is -2.51. The number of hydrogen-bond donors (Lipinski definition) is 0. The van der Waals surface area contributed by atoms with Crippen molar-refractivity contribution in [1.29, 1.82) is 0 Å². The molecule has 198 valence electrons. The summed E-state index contributed by atoms with van der Waals surface area (Å²) in [6, 6.07) is 16.1. The maximum absolute atomic E-state index is 12.9. The average Bonchev–Trinajstić information content (AvgIpc) is 3.33. The molecule has 1 fully saturated rings. The highest BCUT2D eigenvalue weighted by Crippen LogP contribution is 2.37. The standard InChI is InChI=1S/C28H24Cl3N7O/c1-32-26(36-12-14-37(15-13-36)28(39)18-4-3-11-34-17-18)24-27(33-2)38(21-8-5-19(29)6-9-21)25(35-24)22-10-7-20(30)16-23(22)31/h3-11,16-17H,2,12-15H2,1H3/b32-26+. The summed E-state index contributed by atoms with van der Waals surface area (Å²) in [6.07, 6.45) is 3.24. The number of carbonyl (C=O) groups is 1. The van der Waals surface area contributed by atoms with E-state index in [-0.39, 0.29) is 5.91 Å². The highest BCUT2D eigenvalue weighted by molar-refractivity contribution is 6.36. The Kier molecular flexibility index (Phi) is 7.97. The highest BCUT2D eigenvalue weighted by atomic mass is 35.5. The molecule has 11 heteroatoms. The minimum absolute atomic E-state index is 0.0436. The fraction of sp³-hybridized carbons (Fsp3) is 0.179. The minimum Gasteiger partial charge on any atom is -0.351 e. The molecule has 2 aromatic carbocycles. The highest BCUT2D eigenvalue weighted by Gasteiger charge is 2.30. The second kappa shape index (κ2) is 11.6. The Bertz CT molecular complexity index is 1540. The van der Waals surface area contributed by atoms with Crippen LogP contribution in [-0.2, 0) is 0 Å². The first-order valence-electron chi connectivity index (χ1n) is 12.1. The second-order valence-corrected chi connectivity index (χ2v) is 10.0. The molecule has 0 aliphatic carbocycles. The van der Waals surface area contributed by atoms with E-state index in [0.29, 0.717) is 75.5 Å². The molecule has 2 aromatic heterocycles. The van der Waals surface area contributed by atoms with Crippen molar-refractivity contribution in [3.8, 4) is 17.1 Å². The van der Waals surface area contributed by atoms with Gasteiger partial charge in [-0.25, -0.2) is 9.98 Å². The van der Waals surface area contributed by atoms with Crippen molar-refractivity contribution in [3.05, 3.63) is 93.3 Å². The number of hydrogen-bond acceptors (Lipinski definition) is 5. The van der Waals surface area contributed by atoms with E-state index in [0.717, 1.165) is 5.69 Å². The van der Waals surface area contributed by atoms with Gasteiger partial charge in [0.1, 0.15) is 5.82 Å². The zero-order valence-electron chi connectivity index (χ0n) is 21.1. The molecule has 3 heterocycles. The monoisotopic (exact) mass is 579 g/mol. The number of carbonyl (C=O) groups excluding carboxylic acids is 1. The summed E-state index contributed by atoms with van der Waals surface area (Å²) < 4.78 is 1.88. The van der Waals surface area contributed by atoms with Gasteiger partial charge in [0.25, 0.3) is 5.91 Å². The molecule has 1 saturated heterocycles. The van der Waals surface area contributed by atoms with E-state index < -0.39 is 0 Å². The molecule has 0 atom stereocenters. The zero-order chi connectivity index (χ0) is 27.5. The van der Waals surface area contributed by atoms with Crippen LogP contribution in [0, 0.1) is 0 Å². The fourth-order valence-electron chi connectivity index (χ4n) is 4.58. The quantitative estimate of drug-likeness (QED) is 0.212. The number of halogens is 3. The summed E-state index contributed by atoms with van der Waals surface area (Å²) in [5.41, 5.74) is 2.58. The van der Waals surface area contributed by atoms with Crippen LogP contribution in [0.2, 0.25) is 15.1 Å². The number of aromatic nitrogens is 3. The maximum Gasteiger partial charge on any atom is 0.255 e.